The number of benzene rings is 1. The molecule has 0 radical (unpaired) electrons. The fourth-order valence-corrected chi connectivity index (χ4v) is 3.00. The van der Waals surface area contributed by atoms with Gasteiger partial charge in [-0.3, -0.25) is 0 Å². The molecule has 0 aliphatic rings. The van der Waals surface area contributed by atoms with Crippen molar-refractivity contribution in [3.8, 4) is 0 Å². The van der Waals surface area contributed by atoms with E-state index in [0.717, 1.165) is 18.6 Å². The van der Waals surface area contributed by atoms with Gasteiger partial charge in [0.25, 0.3) is 0 Å². The first-order chi connectivity index (χ1) is 9.02. The summed E-state index contributed by atoms with van der Waals surface area (Å²) in [5.74, 6) is 1.60. The second-order valence-corrected chi connectivity index (χ2v) is 7.07. The van der Waals surface area contributed by atoms with Crippen LogP contribution in [0.3, 0.4) is 0 Å². The van der Waals surface area contributed by atoms with Gasteiger partial charge in [0.05, 0.1) is 0 Å². The number of thioether (sulfide) groups is 1. The number of hydrogen-bond donors (Lipinski definition) is 2. The van der Waals surface area contributed by atoms with E-state index in [0.29, 0.717) is 11.2 Å². The van der Waals surface area contributed by atoms with Crippen LogP contribution in [0.15, 0.2) is 24.3 Å². The number of nitrogens with two attached hydrogens (primary N) is 1. The Morgan fingerprint density at radius 2 is 1.79 bits per heavy atom. The highest BCUT2D eigenvalue weighted by Gasteiger charge is 2.09. The summed E-state index contributed by atoms with van der Waals surface area (Å²) in [4.78, 5) is 0. The quantitative estimate of drug-likeness (QED) is 0.768. The van der Waals surface area contributed by atoms with E-state index in [9.17, 15) is 0 Å². The zero-order valence-electron chi connectivity index (χ0n) is 12.3. The Morgan fingerprint density at radius 3 is 2.32 bits per heavy atom. The van der Waals surface area contributed by atoms with Crippen LogP contribution in [0, 0.1) is 5.92 Å². The van der Waals surface area contributed by atoms with Crippen LogP contribution in [0.1, 0.15) is 44.4 Å². The van der Waals surface area contributed by atoms with E-state index in [1.54, 1.807) is 0 Å². The van der Waals surface area contributed by atoms with Crippen LogP contribution in [0.25, 0.3) is 0 Å². The molecule has 0 aromatic heterocycles. The van der Waals surface area contributed by atoms with Gasteiger partial charge in [-0.05, 0) is 29.9 Å². The molecule has 2 atom stereocenters. The lowest BCUT2D eigenvalue weighted by molar-refractivity contribution is 0.289. The van der Waals surface area contributed by atoms with Gasteiger partial charge < -0.3 is 10.8 Å². The Bertz CT molecular complexity index is 350. The first-order valence-electron chi connectivity index (χ1n) is 7.09. The Hall–Kier alpha value is -0.510. The minimum absolute atomic E-state index is 0.0826. The van der Waals surface area contributed by atoms with Gasteiger partial charge in [0, 0.05) is 23.7 Å². The lowest BCUT2D eigenvalue weighted by Gasteiger charge is -2.16. The van der Waals surface area contributed by atoms with Gasteiger partial charge in [0.1, 0.15) is 0 Å². The molecule has 1 aromatic rings. The van der Waals surface area contributed by atoms with E-state index in [1.807, 2.05) is 11.8 Å². The molecule has 2 nitrogen and oxygen atoms in total. The second kappa shape index (κ2) is 8.62. The van der Waals surface area contributed by atoms with Crippen molar-refractivity contribution in [1.29, 1.82) is 0 Å². The predicted molar refractivity (Wildman–Crippen MR) is 85.5 cm³/mol. The standard InChI is InChI=1S/C16H27NOS/c1-12(2)10-14-4-6-15(7-5-14)16(17)11-19-13(3)8-9-18/h4-7,12-13,16,18H,8-11,17H2,1-3H3. The third kappa shape index (κ3) is 6.46. The molecule has 0 aliphatic carbocycles. The third-order valence-electron chi connectivity index (χ3n) is 3.15. The molecule has 0 fully saturated rings. The van der Waals surface area contributed by atoms with E-state index in [-0.39, 0.29) is 12.6 Å². The predicted octanol–water partition coefficient (Wildman–Crippen LogP) is 3.39. The van der Waals surface area contributed by atoms with Crippen molar-refractivity contribution in [1.82, 2.24) is 0 Å². The average molecular weight is 281 g/mol. The summed E-state index contributed by atoms with van der Waals surface area (Å²) in [6, 6.07) is 8.77. The van der Waals surface area contributed by atoms with Crippen LogP contribution in [-0.2, 0) is 6.42 Å². The maximum Gasteiger partial charge on any atom is 0.0441 e. The minimum atomic E-state index is 0.0826. The van der Waals surface area contributed by atoms with Gasteiger partial charge >= 0.3 is 0 Å². The van der Waals surface area contributed by atoms with Crippen LogP contribution in [0.5, 0.6) is 0 Å². The molecule has 0 amide bonds. The molecule has 19 heavy (non-hydrogen) atoms. The zero-order valence-corrected chi connectivity index (χ0v) is 13.1. The van der Waals surface area contributed by atoms with Gasteiger partial charge in [-0.1, -0.05) is 45.0 Å². The summed E-state index contributed by atoms with van der Waals surface area (Å²) in [5.41, 5.74) is 8.79. The van der Waals surface area contributed by atoms with Gasteiger partial charge in [0.2, 0.25) is 0 Å². The second-order valence-electron chi connectivity index (χ2n) is 5.60. The normalized spacial score (nSPS) is 14.6. The maximum atomic E-state index is 8.88. The zero-order chi connectivity index (χ0) is 14.3. The molecular formula is C16H27NOS. The third-order valence-corrected chi connectivity index (χ3v) is 4.50. The fourth-order valence-electron chi connectivity index (χ4n) is 2.00. The van der Waals surface area contributed by atoms with Gasteiger partial charge in [-0.2, -0.15) is 11.8 Å². The summed E-state index contributed by atoms with van der Waals surface area (Å²) in [6.45, 7) is 6.87. The topological polar surface area (TPSA) is 46.2 Å². The maximum absolute atomic E-state index is 8.88. The van der Waals surface area contributed by atoms with Crippen LogP contribution in [0.4, 0.5) is 0 Å². The number of aliphatic hydroxyl groups is 1. The smallest absolute Gasteiger partial charge is 0.0441 e. The Kier molecular flexibility index (Phi) is 7.51. The molecule has 2 unspecified atom stereocenters. The van der Waals surface area contributed by atoms with E-state index >= 15 is 0 Å². The fraction of sp³-hybridized carbons (Fsp3) is 0.625. The van der Waals surface area contributed by atoms with Crippen LogP contribution in [-0.4, -0.2) is 22.7 Å². The monoisotopic (exact) mass is 281 g/mol. The van der Waals surface area contributed by atoms with Crippen molar-refractivity contribution in [3.05, 3.63) is 35.4 Å². The molecule has 0 heterocycles. The van der Waals surface area contributed by atoms with Crippen LogP contribution >= 0.6 is 11.8 Å². The number of hydrogen-bond acceptors (Lipinski definition) is 3. The van der Waals surface area contributed by atoms with Crippen LogP contribution < -0.4 is 5.73 Å². The molecule has 0 bridgehead atoms. The van der Waals surface area contributed by atoms with Gasteiger partial charge in [-0.15, -0.1) is 0 Å². The molecule has 0 spiro atoms. The molecule has 0 saturated carbocycles. The molecule has 3 N–H and O–H groups in total. The average Bonchev–Trinajstić information content (AvgIpc) is 2.36. The summed E-state index contributed by atoms with van der Waals surface area (Å²) >= 11 is 1.83. The Labute approximate surface area is 121 Å². The molecule has 0 saturated heterocycles. The van der Waals surface area contributed by atoms with Crippen molar-refractivity contribution in [2.45, 2.75) is 44.9 Å². The first-order valence-corrected chi connectivity index (χ1v) is 8.14. The summed E-state index contributed by atoms with van der Waals surface area (Å²) < 4.78 is 0. The number of aliphatic hydroxyl groups excluding tert-OH is 1. The van der Waals surface area contributed by atoms with E-state index in [1.165, 1.54) is 11.1 Å². The van der Waals surface area contributed by atoms with Gasteiger partial charge in [-0.25, -0.2) is 0 Å². The van der Waals surface area contributed by atoms with Crippen molar-refractivity contribution < 1.29 is 5.11 Å². The Balaban J connectivity index is 2.46. The lowest BCUT2D eigenvalue weighted by atomic mass is 10.0. The molecule has 1 aromatic carbocycles. The minimum Gasteiger partial charge on any atom is -0.396 e. The van der Waals surface area contributed by atoms with Crippen molar-refractivity contribution in [2.24, 2.45) is 11.7 Å². The molecule has 3 heteroatoms. The molecular weight excluding hydrogens is 254 g/mol. The highest BCUT2D eigenvalue weighted by atomic mass is 32.2. The first kappa shape index (κ1) is 16.5. The van der Waals surface area contributed by atoms with Crippen molar-refractivity contribution in [3.63, 3.8) is 0 Å². The summed E-state index contributed by atoms with van der Waals surface area (Å²) in [7, 11) is 0. The van der Waals surface area contributed by atoms with E-state index in [4.69, 9.17) is 10.8 Å². The summed E-state index contributed by atoms with van der Waals surface area (Å²) in [6.07, 6.45) is 1.96. The largest absolute Gasteiger partial charge is 0.396 e. The van der Waals surface area contributed by atoms with E-state index in [2.05, 4.69) is 45.0 Å². The highest BCUT2D eigenvalue weighted by molar-refractivity contribution is 7.99. The highest BCUT2D eigenvalue weighted by Crippen LogP contribution is 2.22. The number of rotatable bonds is 8. The molecule has 108 valence electrons. The van der Waals surface area contributed by atoms with Crippen molar-refractivity contribution >= 4 is 11.8 Å². The summed E-state index contributed by atoms with van der Waals surface area (Å²) in [5, 5.41) is 9.35. The Morgan fingerprint density at radius 1 is 1.16 bits per heavy atom. The van der Waals surface area contributed by atoms with Gasteiger partial charge in [0.15, 0.2) is 0 Å². The van der Waals surface area contributed by atoms with E-state index < -0.39 is 0 Å². The lowest BCUT2D eigenvalue weighted by Crippen LogP contribution is -2.15. The van der Waals surface area contributed by atoms with Crippen LogP contribution in [0.2, 0.25) is 0 Å². The molecule has 1 rings (SSSR count). The molecule has 0 aliphatic heterocycles. The SMILES string of the molecule is CC(C)Cc1ccc(C(N)CSC(C)CCO)cc1. The van der Waals surface area contributed by atoms with Crippen molar-refractivity contribution in [2.75, 3.05) is 12.4 Å².